The molecule has 1 aromatic rings. The molecule has 1 aromatic carbocycles. The van der Waals surface area contributed by atoms with Crippen LogP contribution in [0.15, 0.2) is 24.3 Å². The summed E-state index contributed by atoms with van der Waals surface area (Å²) in [5.41, 5.74) is 6.39. The fourth-order valence-corrected chi connectivity index (χ4v) is 2.41. The third kappa shape index (κ3) is 3.33. The summed E-state index contributed by atoms with van der Waals surface area (Å²) in [6.45, 7) is 0.460. The van der Waals surface area contributed by atoms with Crippen LogP contribution in [-0.2, 0) is 11.2 Å². The first kappa shape index (κ1) is 14.5. The van der Waals surface area contributed by atoms with E-state index in [0.29, 0.717) is 18.0 Å². The number of rotatable bonds is 6. The van der Waals surface area contributed by atoms with E-state index in [1.54, 1.807) is 24.1 Å². The molecule has 0 aromatic heterocycles. The molecule has 1 fully saturated rings. The smallest absolute Gasteiger partial charge is 0.269 e. The molecule has 1 aliphatic rings. The van der Waals surface area contributed by atoms with Crippen LogP contribution < -0.4 is 5.73 Å². The fourth-order valence-electron chi connectivity index (χ4n) is 2.41. The first-order chi connectivity index (χ1) is 9.52. The van der Waals surface area contributed by atoms with Gasteiger partial charge in [-0.25, -0.2) is 0 Å². The topological polar surface area (TPSA) is 89.5 Å². The van der Waals surface area contributed by atoms with Crippen LogP contribution in [0, 0.1) is 16.0 Å². The summed E-state index contributed by atoms with van der Waals surface area (Å²) in [6, 6.07) is 6.28. The second-order valence-corrected chi connectivity index (χ2v) is 5.25. The maximum absolute atomic E-state index is 12.2. The van der Waals surface area contributed by atoms with Gasteiger partial charge in [0, 0.05) is 31.8 Å². The minimum absolute atomic E-state index is 0.00974. The Morgan fingerprint density at radius 2 is 2.25 bits per heavy atom. The first-order valence-electron chi connectivity index (χ1n) is 6.72. The summed E-state index contributed by atoms with van der Waals surface area (Å²) in [5.74, 6) is 0.465. The van der Waals surface area contributed by atoms with Crippen molar-refractivity contribution in [2.45, 2.75) is 25.3 Å². The Hall–Kier alpha value is -1.95. The minimum Gasteiger partial charge on any atom is -0.341 e. The number of nitro benzene ring substituents is 1. The Labute approximate surface area is 117 Å². The second kappa shape index (κ2) is 6.00. The molecule has 6 heteroatoms. The average Bonchev–Trinajstić information content (AvgIpc) is 3.24. The number of amides is 1. The highest BCUT2D eigenvalue weighted by molar-refractivity contribution is 5.79. The zero-order valence-electron chi connectivity index (χ0n) is 11.5. The van der Waals surface area contributed by atoms with E-state index in [1.807, 2.05) is 0 Å². The molecule has 0 bridgehead atoms. The first-order valence-corrected chi connectivity index (χ1v) is 6.72. The van der Waals surface area contributed by atoms with Crippen LogP contribution in [-0.4, -0.2) is 35.4 Å². The van der Waals surface area contributed by atoms with Gasteiger partial charge < -0.3 is 10.6 Å². The van der Waals surface area contributed by atoms with Crippen molar-refractivity contribution in [3.05, 3.63) is 39.9 Å². The van der Waals surface area contributed by atoms with Gasteiger partial charge in [0.05, 0.1) is 11.3 Å². The number of benzene rings is 1. The summed E-state index contributed by atoms with van der Waals surface area (Å²) in [6.07, 6.45) is 2.41. The molecule has 1 saturated carbocycles. The van der Waals surface area contributed by atoms with Crippen LogP contribution in [0.5, 0.6) is 0 Å². The van der Waals surface area contributed by atoms with Crippen LogP contribution in [0.1, 0.15) is 18.4 Å². The molecule has 0 saturated heterocycles. The van der Waals surface area contributed by atoms with E-state index in [-0.39, 0.29) is 24.1 Å². The molecule has 2 N–H and O–H groups in total. The number of nitrogens with zero attached hydrogens (tertiary/aromatic N) is 2. The predicted octanol–water partition coefficient (Wildman–Crippen LogP) is 1.33. The zero-order chi connectivity index (χ0) is 14.7. The Morgan fingerprint density at radius 3 is 2.80 bits per heavy atom. The lowest BCUT2D eigenvalue weighted by Gasteiger charge is -2.27. The number of nitrogens with two attached hydrogens (primary N) is 1. The maximum atomic E-state index is 12.2. The van der Waals surface area contributed by atoms with Gasteiger partial charge in [-0.05, 0) is 24.3 Å². The number of carbonyl (C=O) groups excluding carboxylic acids is 1. The molecule has 6 nitrogen and oxygen atoms in total. The van der Waals surface area contributed by atoms with Crippen molar-refractivity contribution < 1.29 is 9.72 Å². The van der Waals surface area contributed by atoms with Crippen molar-refractivity contribution in [1.29, 1.82) is 0 Å². The highest BCUT2D eigenvalue weighted by Gasteiger charge is 2.34. The highest BCUT2D eigenvalue weighted by atomic mass is 16.6. The Morgan fingerprint density at radius 1 is 1.55 bits per heavy atom. The van der Waals surface area contributed by atoms with E-state index in [4.69, 9.17) is 5.73 Å². The summed E-state index contributed by atoms with van der Waals surface area (Å²) in [5, 5.41) is 10.7. The average molecular weight is 277 g/mol. The van der Waals surface area contributed by atoms with Gasteiger partial charge in [0.2, 0.25) is 5.91 Å². The SMILES string of the molecule is CN(C(=O)Cc1cccc([N+](=O)[O-])c1)C(CN)C1CC1. The molecule has 1 unspecified atom stereocenters. The Bertz CT molecular complexity index is 514. The van der Waals surface area contributed by atoms with Gasteiger partial charge in [0.25, 0.3) is 5.69 Å². The largest absolute Gasteiger partial charge is 0.341 e. The standard InChI is InChI=1S/C14H19N3O3/c1-16(13(9-15)11-5-6-11)14(18)8-10-3-2-4-12(7-10)17(19)20/h2-4,7,11,13H,5-6,8-9,15H2,1H3. The molecule has 0 heterocycles. The van der Waals surface area contributed by atoms with Crippen LogP contribution in [0.3, 0.4) is 0 Å². The molecular formula is C14H19N3O3. The second-order valence-electron chi connectivity index (χ2n) is 5.25. The van der Waals surface area contributed by atoms with E-state index in [1.165, 1.54) is 12.1 Å². The summed E-state index contributed by atoms with van der Waals surface area (Å²) >= 11 is 0. The normalized spacial score (nSPS) is 15.7. The van der Waals surface area contributed by atoms with Gasteiger partial charge in [-0.3, -0.25) is 14.9 Å². The number of hydrogen-bond donors (Lipinski definition) is 1. The summed E-state index contributed by atoms with van der Waals surface area (Å²) in [4.78, 5) is 24.2. The van der Waals surface area contributed by atoms with Crippen LogP contribution in [0.2, 0.25) is 0 Å². The number of nitro groups is 1. The molecule has 0 radical (unpaired) electrons. The van der Waals surface area contributed by atoms with Crippen molar-refractivity contribution in [2.75, 3.05) is 13.6 Å². The van der Waals surface area contributed by atoms with Gasteiger partial charge in [0.1, 0.15) is 0 Å². The molecule has 2 rings (SSSR count). The van der Waals surface area contributed by atoms with Crippen molar-refractivity contribution in [3.8, 4) is 0 Å². The molecule has 20 heavy (non-hydrogen) atoms. The van der Waals surface area contributed by atoms with Crippen molar-refractivity contribution in [1.82, 2.24) is 4.90 Å². The van der Waals surface area contributed by atoms with Crippen molar-refractivity contribution in [2.24, 2.45) is 11.7 Å². The fraction of sp³-hybridized carbons (Fsp3) is 0.500. The molecule has 1 atom stereocenters. The lowest BCUT2D eigenvalue weighted by atomic mass is 10.1. The molecular weight excluding hydrogens is 258 g/mol. The van der Waals surface area contributed by atoms with Crippen molar-refractivity contribution >= 4 is 11.6 Å². The van der Waals surface area contributed by atoms with E-state index < -0.39 is 4.92 Å². The van der Waals surface area contributed by atoms with Gasteiger partial charge in [-0.15, -0.1) is 0 Å². The van der Waals surface area contributed by atoms with Crippen LogP contribution in [0.25, 0.3) is 0 Å². The Kier molecular flexibility index (Phi) is 4.34. The third-order valence-corrected chi connectivity index (χ3v) is 3.78. The van der Waals surface area contributed by atoms with E-state index >= 15 is 0 Å². The van der Waals surface area contributed by atoms with Gasteiger partial charge in [-0.1, -0.05) is 12.1 Å². The van der Waals surface area contributed by atoms with Crippen molar-refractivity contribution in [3.63, 3.8) is 0 Å². The number of likely N-dealkylation sites (N-methyl/N-ethyl adjacent to an activating group) is 1. The van der Waals surface area contributed by atoms with E-state index in [2.05, 4.69) is 0 Å². The zero-order valence-corrected chi connectivity index (χ0v) is 11.5. The van der Waals surface area contributed by atoms with E-state index in [0.717, 1.165) is 12.8 Å². The molecule has 0 spiro atoms. The van der Waals surface area contributed by atoms with Crippen LogP contribution in [0.4, 0.5) is 5.69 Å². The number of carbonyl (C=O) groups is 1. The molecule has 0 aliphatic heterocycles. The number of hydrogen-bond acceptors (Lipinski definition) is 4. The monoisotopic (exact) mass is 277 g/mol. The minimum atomic E-state index is -0.454. The van der Waals surface area contributed by atoms with Crippen LogP contribution >= 0.6 is 0 Å². The summed E-state index contributed by atoms with van der Waals surface area (Å²) < 4.78 is 0. The Balaban J connectivity index is 2.03. The molecule has 1 amide bonds. The lowest BCUT2D eigenvalue weighted by molar-refractivity contribution is -0.384. The summed E-state index contributed by atoms with van der Waals surface area (Å²) in [7, 11) is 1.76. The quantitative estimate of drug-likeness (QED) is 0.627. The third-order valence-electron chi connectivity index (χ3n) is 3.78. The highest BCUT2D eigenvalue weighted by Crippen LogP contribution is 2.34. The van der Waals surface area contributed by atoms with Gasteiger partial charge in [0.15, 0.2) is 0 Å². The predicted molar refractivity (Wildman–Crippen MR) is 75.1 cm³/mol. The molecule has 108 valence electrons. The lowest BCUT2D eigenvalue weighted by Crippen LogP contribution is -2.43. The van der Waals surface area contributed by atoms with E-state index in [9.17, 15) is 14.9 Å². The molecule has 1 aliphatic carbocycles. The maximum Gasteiger partial charge on any atom is 0.269 e. The number of non-ortho nitro benzene ring substituents is 1. The van der Waals surface area contributed by atoms with Gasteiger partial charge in [-0.2, -0.15) is 0 Å². The van der Waals surface area contributed by atoms with Gasteiger partial charge >= 0.3 is 0 Å².